The van der Waals surface area contributed by atoms with Crippen LogP contribution >= 0.6 is 11.3 Å². The van der Waals surface area contributed by atoms with Gasteiger partial charge in [0.25, 0.3) is 11.8 Å². The number of fused-ring (bicyclic) bond motifs is 1. The van der Waals surface area contributed by atoms with Gasteiger partial charge in [-0.05, 0) is 42.5 Å². The molecule has 6 nitrogen and oxygen atoms in total. The van der Waals surface area contributed by atoms with Gasteiger partial charge in [0.2, 0.25) is 0 Å². The van der Waals surface area contributed by atoms with Crippen molar-refractivity contribution >= 4 is 38.5 Å². The van der Waals surface area contributed by atoms with E-state index in [0.717, 1.165) is 4.70 Å². The lowest BCUT2D eigenvalue weighted by molar-refractivity contribution is 0.0956. The average molecular weight is 351 g/mol. The normalized spacial score (nSPS) is 10.2. The molecule has 3 aromatic rings. The van der Waals surface area contributed by atoms with Crippen LogP contribution < -0.4 is 10.6 Å². The molecular formula is C18H13N3O3S. The predicted molar refractivity (Wildman–Crippen MR) is 96.8 cm³/mol. The number of thiazole rings is 1. The number of aromatic hydroxyl groups is 1. The molecule has 2 aromatic carbocycles. The molecule has 0 aliphatic rings. The van der Waals surface area contributed by atoms with Crippen molar-refractivity contribution in [1.29, 1.82) is 0 Å². The van der Waals surface area contributed by atoms with Gasteiger partial charge in [-0.1, -0.05) is 17.3 Å². The molecule has 0 atom stereocenters. The van der Waals surface area contributed by atoms with Gasteiger partial charge in [-0.3, -0.25) is 14.9 Å². The van der Waals surface area contributed by atoms with Gasteiger partial charge in [-0.15, -0.1) is 6.42 Å². The number of amides is 2. The van der Waals surface area contributed by atoms with Crippen LogP contribution in [0, 0.1) is 12.3 Å². The van der Waals surface area contributed by atoms with E-state index in [1.807, 2.05) is 0 Å². The van der Waals surface area contributed by atoms with E-state index in [1.165, 1.54) is 17.4 Å². The zero-order valence-electron chi connectivity index (χ0n) is 12.9. The first kappa shape index (κ1) is 16.5. The van der Waals surface area contributed by atoms with E-state index in [0.29, 0.717) is 21.8 Å². The standard InChI is InChI=1S/C18H13N3O3S/c1-2-9-19-16(23)11-3-5-12(6-4-11)17(24)21-18-20-14-8-7-13(22)10-15(14)25-18/h1,3-8,10,22H,9H2,(H,19,23)(H,20,21,24). The Bertz CT molecular complexity index is 987. The number of phenolic OH excluding ortho intramolecular Hbond substituents is 1. The van der Waals surface area contributed by atoms with Crippen molar-refractivity contribution < 1.29 is 14.7 Å². The maximum absolute atomic E-state index is 12.3. The number of terminal acetylenes is 1. The number of hydrogen-bond donors (Lipinski definition) is 3. The number of phenols is 1. The molecule has 0 saturated heterocycles. The highest BCUT2D eigenvalue weighted by molar-refractivity contribution is 7.22. The van der Waals surface area contributed by atoms with Crippen molar-refractivity contribution in [2.24, 2.45) is 0 Å². The molecule has 124 valence electrons. The Morgan fingerprint density at radius 3 is 2.48 bits per heavy atom. The molecule has 1 aromatic heterocycles. The van der Waals surface area contributed by atoms with Crippen molar-refractivity contribution in [3.05, 3.63) is 53.6 Å². The highest BCUT2D eigenvalue weighted by Crippen LogP contribution is 2.28. The summed E-state index contributed by atoms with van der Waals surface area (Å²) >= 11 is 1.27. The number of carbonyl (C=O) groups is 2. The van der Waals surface area contributed by atoms with Crippen LogP contribution in [0.25, 0.3) is 10.2 Å². The van der Waals surface area contributed by atoms with Crippen molar-refractivity contribution in [2.75, 3.05) is 11.9 Å². The van der Waals surface area contributed by atoms with Gasteiger partial charge >= 0.3 is 0 Å². The fourth-order valence-corrected chi connectivity index (χ4v) is 3.04. The summed E-state index contributed by atoms with van der Waals surface area (Å²) in [6, 6.07) is 11.0. The van der Waals surface area contributed by atoms with Crippen LogP contribution in [0.5, 0.6) is 5.75 Å². The summed E-state index contributed by atoms with van der Waals surface area (Å²) in [5.41, 5.74) is 1.51. The summed E-state index contributed by atoms with van der Waals surface area (Å²) in [7, 11) is 0. The summed E-state index contributed by atoms with van der Waals surface area (Å²) in [5.74, 6) is 1.84. The third-order valence-corrected chi connectivity index (χ3v) is 4.29. The van der Waals surface area contributed by atoms with E-state index in [2.05, 4.69) is 21.5 Å². The molecule has 1 heterocycles. The van der Waals surface area contributed by atoms with Gasteiger partial charge in [0.1, 0.15) is 5.75 Å². The zero-order valence-corrected chi connectivity index (χ0v) is 13.8. The number of benzene rings is 2. The van der Waals surface area contributed by atoms with E-state index in [-0.39, 0.29) is 24.1 Å². The molecule has 0 spiro atoms. The van der Waals surface area contributed by atoms with E-state index in [1.54, 1.807) is 36.4 Å². The number of aromatic nitrogens is 1. The van der Waals surface area contributed by atoms with Crippen LogP contribution in [-0.2, 0) is 0 Å². The van der Waals surface area contributed by atoms with Gasteiger partial charge in [0, 0.05) is 11.1 Å². The number of rotatable bonds is 4. The number of nitrogens with zero attached hydrogens (tertiary/aromatic N) is 1. The minimum atomic E-state index is -0.334. The van der Waals surface area contributed by atoms with Crippen LogP contribution in [0.2, 0.25) is 0 Å². The van der Waals surface area contributed by atoms with E-state index in [9.17, 15) is 14.7 Å². The third-order valence-electron chi connectivity index (χ3n) is 3.35. The van der Waals surface area contributed by atoms with Gasteiger partial charge in [0.05, 0.1) is 16.8 Å². The Kier molecular flexibility index (Phi) is 4.64. The second-order valence-corrected chi connectivity index (χ2v) is 6.12. The highest BCUT2D eigenvalue weighted by atomic mass is 32.1. The molecule has 0 fully saturated rings. The van der Waals surface area contributed by atoms with Crippen molar-refractivity contribution in [2.45, 2.75) is 0 Å². The lowest BCUT2D eigenvalue weighted by Gasteiger charge is -2.04. The number of hydrogen-bond acceptors (Lipinski definition) is 5. The lowest BCUT2D eigenvalue weighted by atomic mass is 10.1. The Morgan fingerprint density at radius 1 is 1.12 bits per heavy atom. The molecule has 0 unspecified atom stereocenters. The van der Waals surface area contributed by atoms with E-state index >= 15 is 0 Å². The summed E-state index contributed by atoms with van der Waals surface area (Å²) in [6.45, 7) is 0.147. The Labute approximate surface area is 147 Å². The second kappa shape index (κ2) is 7.03. The first-order valence-electron chi connectivity index (χ1n) is 7.29. The fourth-order valence-electron chi connectivity index (χ4n) is 2.14. The molecule has 0 saturated carbocycles. The maximum atomic E-state index is 12.3. The Hall–Kier alpha value is -3.37. The quantitative estimate of drug-likeness (QED) is 0.630. The molecule has 0 radical (unpaired) electrons. The molecule has 3 rings (SSSR count). The maximum Gasteiger partial charge on any atom is 0.257 e. The second-order valence-electron chi connectivity index (χ2n) is 5.09. The van der Waals surface area contributed by atoms with Crippen LogP contribution in [0.3, 0.4) is 0 Å². The first-order valence-corrected chi connectivity index (χ1v) is 8.11. The summed E-state index contributed by atoms with van der Waals surface area (Å²) in [6.07, 6.45) is 5.09. The van der Waals surface area contributed by atoms with Gasteiger partial charge in [-0.25, -0.2) is 4.98 Å². The largest absolute Gasteiger partial charge is 0.508 e. The Morgan fingerprint density at radius 2 is 1.80 bits per heavy atom. The topological polar surface area (TPSA) is 91.3 Å². The summed E-state index contributed by atoms with van der Waals surface area (Å²) in [5, 5.41) is 15.2. The predicted octanol–water partition coefficient (Wildman–Crippen LogP) is 2.62. The fraction of sp³-hybridized carbons (Fsp3) is 0.0556. The third kappa shape index (κ3) is 3.76. The molecule has 0 bridgehead atoms. The van der Waals surface area contributed by atoms with Crippen molar-refractivity contribution in [1.82, 2.24) is 10.3 Å². The lowest BCUT2D eigenvalue weighted by Crippen LogP contribution is -2.23. The first-order chi connectivity index (χ1) is 12.1. The van der Waals surface area contributed by atoms with E-state index in [4.69, 9.17) is 6.42 Å². The highest BCUT2D eigenvalue weighted by Gasteiger charge is 2.11. The van der Waals surface area contributed by atoms with Crippen LogP contribution in [0.15, 0.2) is 42.5 Å². The zero-order chi connectivity index (χ0) is 17.8. The molecule has 3 N–H and O–H groups in total. The smallest absolute Gasteiger partial charge is 0.257 e. The molecule has 0 aliphatic carbocycles. The van der Waals surface area contributed by atoms with Gasteiger partial charge < -0.3 is 10.4 Å². The van der Waals surface area contributed by atoms with Crippen LogP contribution in [-0.4, -0.2) is 28.4 Å². The monoisotopic (exact) mass is 351 g/mol. The number of carbonyl (C=O) groups excluding carboxylic acids is 2. The van der Waals surface area contributed by atoms with Crippen LogP contribution in [0.4, 0.5) is 5.13 Å². The molecule has 25 heavy (non-hydrogen) atoms. The van der Waals surface area contributed by atoms with Gasteiger partial charge in [-0.2, -0.15) is 0 Å². The van der Waals surface area contributed by atoms with Crippen molar-refractivity contribution in [3.63, 3.8) is 0 Å². The van der Waals surface area contributed by atoms with E-state index < -0.39 is 0 Å². The van der Waals surface area contributed by atoms with Gasteiger partial charge in [0.15, 0.2) is 5.13 Å². The SMILES string of the molecule is C#CCNC(=O)c1ccc(C(=O)Nc2nc3ccc(O)cc3s2)cc1. The number of anilines is 1. The average Bonchev–Trinajstić information content (AvgIpc) is 3.01. The number of nitrogens with one attached hydrogen (secondary N) is 2. The molecule has 7 heteroatoms. The summed E-state index contributed by atoms with van der Waals surface area (Å²) < 4.78 is 0.774. The minimum Gasteiger partial charge on any atom is -0.508 e. The summed E-state index contributed by atoms with van der Waals surface area (Å²) in [4.78, 5) is 28.3. The molecular weight excluding hydrogens is 338 g/mol. The Balaban J connectivity index is 1.72. The minimum absolute atomic E-state index is 0.146. The molecule has 0 aliphatic heterocycles. The van der Waals surface area contributed by atoms with Crippen molar-refractivity contribution in [3.8, 4) is 18.1 Å². The van der Waals surface area contributed by atoms with Crippen LogP contribution in [0.1, 0.15) is 20.7 Å². The molecule has 2 amide bonds.